The quantitative estimate of drug-likeness (QED) is 0.378. The predicted molar refractivity (Wildman–Crippen MR) is 115 cm³/mol. The summed E-state index contributed by atoms with van der Waals surface area (Å²) >= 11 is 6.51. The molecule has 0 aliphatic carbocycles. The van der Waals surface area contributed by atoms with E-state index in [1.54, 1.807) is 44.6 Å². The molecule has 0 N–H and O–H groups in total. The van der Waals surface area contributed by atoms with Crippen LogP contribution in [0.25, 0.3) is 6.08 Å². The van der Waals surface area contributed by atoms with E-state index in [4.69, 9.17) is 21.7 Å². The third-order valence-electron chi connectivity index (χ3n) is 4.10. The Morgan fingerprint density at radius 3 is 2.68 bits per heavy atom. The van der Waals surface area contributed by atoms with Crippen molar-refractivity contribution in [3.05, 3.63) is 70.9 Å². The number of anilines is 1. The molecule has 1 aliphatic heterocycles. The molecule has 2 aromatic rings. The molecule has 0 aromatic heterocycles. The summed E-state index contributed by atoms with van der Waals surface area (Å²) in [4.78, 5) is 14.7. The van der Waals surface area contributed by atoms with Gasteiger partial charge in [0.1, 0.15) is 5.82 Å². The highest BCUT2D eigenvalue weighted by Gasteiger charge is 2.33. The molecular formula is C21H18FNO3S2. The van der Waals surface area contributed by atoms with Gasteiger partial charge in [-0.2, -0.15) is 0 Å². The van der Waals surface area contributed by atoms with E-state index in [1.807, 2.05) is 6.07 Å². The van der Waals surface area contributed by atoms with Gasteiger partial charge in [-0.25, -0.2) is 4.39 Å². The van der Waals surface area contributed by atoms with Gasteiger partial charge < -0.3 is 9.47 Å². The number of benzene rings is 2. The molecule has 4 nitrogen and oxygen atoms in total. The fourth-order valence-electron chi connectivity index (χ4n) is 2.91. The Morgan fingerprint density at radius 2 is 2.04 bits per heavy atom. The molecule has 1 heterocycles. The molecule has 1 aliphatic rings. The van der Waals surface area contributed by atoms with Crippen molar-refractivity contribution in [2.45, 2.75) is 6.42 Å². The van der Waals surface area contributed by atoms with Crippen LogP contribution < -0.4 is 14.4 Å². The van der Waals surface area contributed by atoms with Crippen LogP contribution in [0.15, 0.2) is 54.0 Å². The Balaban J connectivity index is 2.00. The second-order valence-electron chi connectivity index (χ2n) is 5.91. The molecule has 0 unspecified atom stereocenters. The van der Waals surface area contributed by atoms with Gasteiger partial charge in [0.2, 0.25) is 0 Å². The predicted octanol–water partition coefficient (Wildman–Crippen LogP) is 4.98. The minimum Gasteiger partial charge on any atom is -0.493 e. The van der Waals surface area contributed by atoms with Crippen LogP contribution >= 0.6 is 24.0 Å². The first-order valence-electron chi connectivity index (χ1n) is 8.37. The monoisotopic (exact) mass is 415 g/mol. The number of methoxy groups -OCH3 is 2. The molecule has 1 amide bonds. The molecule has 0 bridgehead atoms. The zero-order valence-electron chi connectivity index (χ0n) is 15.4. The molecule has 0 spiro atoms. The van der Waals surface area contributed by atoms with Crippen molar-refractivity contribution in [3.8, 4) is 11.5 Å². The summed E-state index contributed by atoms with van der Waals surface area (Å²) in [6.07, 6.45) is 4.10. The number of halogens is 1. The molecule has 1 saturated heterocycles. The number of carbonyl (C=O) groups is 1. The first-order valence-corrected chi connectivity index (χ1v) is 9.60. The number of thioether (sulfide) groups is 1. The topological polar surface area (TPSA) is 38.8 Å². The van der Waals surface area contributed by atoms with E-state index in [1.165, 1.54) is 28.8 Å². The number of hydrogen-bond donors (Lipinski definition) is 0. The Morgan fingerprint density at radius 1 is 1.25 bits per heavy atom. The van der Waals surface area contributed by atoms with E-state index in [9.17, 15) is 9.18 Å². The van der Waals surface area contributed by atoms with Crippen LogP contribution in [0, 0.1) is 5.82 Å². The molecule has 2 aromatic carbocycles. The van der Waals surface area contributed by atoms with Gasteiger partial charge in [-0.05, 0) is 48.4 Å². The summed E-state index contributed by atoms with van der Waals surface area (Å²) in [7, 11) is 3.14. The molecule has 3 rings (SSSR count). The fraction of sp³-hybridized carbons (Fsp3) is 0.143. The molecule has 28 heavy (non-hydrogen) atoms. The first kappa shape index (κ1) is 20.1. The van der Waals surface area contributed by atoms with Gasteiger partial charge in [0, 0.05) is 5.56 Å². The van der Waals surface area contributed by atoms with Crippen molar-refractivity contribution < 1.29 is 18.7 Å². The van der Waals surface area contributed by atoms with Crippen molar-refractivity contribution >= 4 is 46.0 Å². The van der Waals surface area contributed by atoms with E-state index < -0.39 is 5.82 Å². The highest BCUT2D eigenvalue weighted by molar-refractivity contribution is 8.27. The Bertz CT molecular complexity index is 988. The number of rotatable bonds is 6. The number of carbonyl (C=O) groups excluding carboxylic acids is 1. The maximum Gasteiger partial charge on any atom is 0.270 e. The third kappa shape index (κ3) is 3.95. The lowest BCUT2D eigenvalue weighted by Gasteiger charge is -2.14. The maximum absolute atomic E-state index is 13.6. The molecule has 0 atom stereocenters. The van der Waals surface area contributed by atoms with Gasteiger partial charge in [-0.15, -0.1) is 6.58 Å². The number of thiocarbonyl (C=S) groups is 1. The molecular weight excluding hydrogens is 397 g/mol. The highest BCUT2D eigenvalue weighted by Crippen LogP contribution is 2.38. The summed E-state index contributed by atoms with van der Waals surface area (Å²) in [5.41, 5.74) is 2.07. The normalized spacial score (nSPS) is 15.2. The minimum atomic E-state index is -0.426. The number of ether oxygens (including phenoxy) is 2. The summed E-state index contributed by atoms with van der Waals surface area (Å²) in [6, 6.07) is 9.50. The average Bonchev–Trinajstić information content (AvgIpc) is 2.94. The third-order valence-corrected chi connectivity index (χ3v) is 5.40. The Labute approximate surface area is 172 Å². The fourth-order valence-corrected chi connectivity index (χ4v) is 4.21. The molecule has 1 fully saturated rings. The van der Waals surface area contributed by atoms with E-state index in [2.05, 4.69) is 6.58 Å². The maximum atomic E-state index is 13.6. The molecule has 7 heteroatoms. The Hall–Kier alpha value is -2.64. The van der Waals surface area contributed by atoms with Crippen molar-refractivity contribution in [3.63, 3.8) is 0 Å². The summed E-state index contributed by atoms with van der Waals surface area (Å²) in [6.45, 7) is 3.77. The standard InChI is InChI=1S/C21H18FNO3S2/c1-4-6-14-9-13(10-17(25-2)19(14)26-3)11-18-20(24)23(21(27)28-18)16-8-5-7-15(22)12-16/h4-5,7-12H,1,6H2,2-3H3/b18-11+. The van der Waals surface area contributed by atoms with Gasteiger partial charge in [0.25, 0.3) is 5.91 Å². The number of allylic oxidation sites excluding steroid dienone is 1. The van der Waals surface area contributed by atoms with Crippen LogP contribution in [0.1, 0.15) is 11.1 Å². The minimum absolute atomic E-state index is 0.291. The van der Waals surface area contributed by atoms with Crippen molar-refractivity contribution in [2.24, 2.45) is 0 Å². The largest absolute Gasteiger partial charge is 0.493 e. The van der Waals surface area contributed by atoms with E-state index in [0.29, 0.717) is 32.8 Å². The zero-order valence-corrected chi connectivity index (χ0v) is 17.0. The van der Waals surface area contributed by atoms with Crippen LogP contribution in [0.3, 0.4) is 0 Å². The number of amides is 1. The Kier molecular flexibility index (Phi) is 6.16. The van der Waals surface area contributed by atoms with Crippen LogP contribution in [-0.2, 0) is 11.2 Å². The molecule has 0 radical (unpaired) electrons. The zero-order chi connectivity index (χ0) is 20.3. The summed E-state index contributed by atoms with van der Waals surface area (Å²) in [5.74, 6) is 0.478. The van der Waals surface area contributed by atoms with Gasteiger partial charge in [-0.1, -0.05) is 36.1 Å². The van der Waals surface area contributed by atoms with Crippen LogP contribution in [-0.4, -0.2) is 24.4 Å². The highest BCUT2D eigenvalue weighted by atomic mass is 32.2. The smallest absolute Gasteiger partial charge is 0.270 e. The van der Waals surface area contributed by atoms with Gasteiger partial charge in [-0.3, -0.25) is 9.69 Å². The summed E-state index contributed by atoms with van der Waals surface area (Å²) in [5, 5.41) is 0. The van der Waals surface area contributed by atoms with E-state index >= 15 is 0 Å². The van der Waals surface area contributed by atoms with Gasteiger partial charge >= 0.3 is 0 Å². The van der Waals surface area contributed by atoms with Crippen molar-refractivity contribution in [1.82, 2.24) is 0 Å². The lowest BCUT2D eigenvalue weighted by atomic mass is 10.0. The first-order chi connectivity index (χ1) is 13.5. The second kappa shape index (κ2) is 8.58. The van der Waals surface area contributed by atoms with Crippen LogP contribution in [0.5, 0.6) is 11.5 Å². The SMILES string of the molecule is C=CCc1cc(/C=C2/SC(=S)N(c3cccc(F)c3)C2=O)cc(OC)c1OC. The van der Waals surface area contributed by atoms with E-state index in [0.717, 1.165) is 11.1 Å². The average molecular weight is 416 g/mol. The molecule has 144 valence electrons. The summed E-state index contributed by atoms with van der Waals surface area (Å²) < 4.78 is 24.8. The lowest BCUT2D eigenvalue weighted by Crippen LogP contribution is -2.27. The molecule has 0 saturated carbocycles. The van der Waals surface area contributed by atoms with Gasteiger partial charge in [0.15, 0.2) is 15.8 Å². The number of hydrogen-bond acceptors (Lipinski definition) is 5. The number of nitrogens with zero attached hydrogens (tertiary/aromatic N) is 1. The van der Waals surface area contributed by atoms with Gasteiger partial charge in [0.05, 0.1) is 24.8 Å². The van der Waals surface area contributed by atoms with E-state index in [-0.39, 0.29) is 5.91 Å². The van der Waals surface area contributed by atoms with Crippen molar-refractivity contribution in [1.29, 1.82) is 0 Å². The second-order valence-corrected chi connectivity index (χ2v) is 7.58. The lowest BCUT2D eigenvalue weighted by molar-refractivity contribution is -0.113. The van der Waals surface area contributed by atoms with Crippen molar-refractivity contribution in [2.75, 3.05) is 19.1 Å². The van der Waals surface area contributed by atoms with Crippen LogP contribution in [0.2, 0.25) is 0 Å². The van der Waals surface area contributed by atoms with Crippen LogP contribution in [0.4, 0.5) is 10.1 Å².